The highest BCUT2D eigenvalue weighted by atomic mass is 19.1. The van der Waals surface area contributed by atoms with Gasteiger partial charge < -0.3 is 14.4 Å². The molecular weight excluding hydrogens is 255 g/mol. The molecule has 1 aromatic heterocycles. The van der Waals surface area contributed by atoms with Crippen LogP contribution in [0.3, 0.4) is 0 Å². The summed E-state index contributed by atoms with van der Waals surface area (Å²) in [7, 11) is 0. The Bertz CT molecular complexity index is 597. The fraction of sp³-hybridized carbons (Fsp3) is 0.250. The molecule has 7 heteroatoms. The molecule has 0 aliphatic carbocycles. The zero-order valence-corrected chi connectivity index (χ0v) is 10.1. The van der Waals surface area contributed by atoms with E-state index in [0.29, 0.717) is 12.2 Å². The van der Waals surface area contributed by atoms with E-state index in [9.17, 15) is 9.18 Å². The molecule has 0 amide bonds. The number of hydrogen-bond donors (Lipinski definition) is 1. The van der Waals surface area contributed by atoms with Crippen molar-refractivity contribution < 1.29 is 23.6 Å². The van der Waals surface area contributed by atoms with E-state index < -0.39 is 17.3 Å². The molecule has 0 aliphatic heterocycles. The van der Waals surface area contributed by atoms with Crippen LogP contribution in [0.4, 0.5) is 4.39 Å². The van der Waals surface area contributed by atoms with Crippen LogP contribution >= 0.6 is 0 Å². The number of carboxylic acids is 1. The summed E-state index contributed by atoms with van der Waals surface area (Å²) in [5, 5.41) is 12.6. The summed E-state index contributed by atoms with van der Waals surface area (Å²) in [5.41, 5.74) is -0.516. The summed E-state index contributed by atoms with van der Waals surface area (Å²) in [6, 6.07) is 3.78. The number of carboxylic acid groups (broad SMARTS) is 1. The van der Waals surface area contributed by atoms with Gasteiger partial charge in [-0.15, -0.1) is 0 Å². The van der Waals surface area contributed by atoms with E-state index in [2.05, 4.69) is 10.1 Å². The molecule has 6 nitrogen and oxygen atoms in total. The molecule has 0 unspecified atom stereocenters. The van der Waals surface area contributed by atoms with Crippen LogP contribution in [-0.4, -0.2) is 21.2 Å². The third-order valence-corrected chi connectivity index (χ3v) is 2.37. The van der Waals surface area contributed by atoms with E-state index >= 15 is 0 Å². The second kappa shape index (κ2) is 5.47. The normalized spacial score (nSPS) is 10.4. The monoisotopic (exact) mass is 266 g/mol. The Morgan fingerprint density at radius 1 is 1.53 bits per heavy atom. The number of halogens is 1. The molecule has 2 aromatic rings. The lowest BCUT2D eigenvalue weighted by molar-refractivity contribution is 0.0685. The van der Waals surface area contributed by atoms with Crippen molar-refractivity contribution >= 4 is 5.97 Å². The Hall–Kier alpha value is -2.44. The highest BCUT2D eigenvalue weighted by Gasteiger charge is 2.17. The summed E-state index contributed by atoms with van der Waals surface area (Å²) in [4.78, 5) is 14.9. The van der Waals surface area contributed by atoms with Crippen molar-refractivity contribution in [3.05, 3.63) is 41.3 Å². The maximum Gasteiger partial charge on any atom is 0.342 e. The molecule has 0 saturated carbocycles. The summed E-state index contributed by atoms with van der Waals surface area (Å²) < 4.78 is 23.5. The van der Waals surface area contributed by atoms with Crippen LogP contribution in [-0.2, 0) is 13.0 Å². The van der Waals surface area contributed by atoms with Crippen LogP contribution in [0.5, 0.6) is 5.75 Å². The number of aromatic carboxylic acids is 1. The van der Waals surface area contributed by atoms with Crippen LogP contribution in [0, 0.1) is 5.82 Å². The van der Waals surface area contributed by atoms with Crippen LogP contribution in [0.1, 0.15) is 29.0 Å². The first kappa shape index (κ1) is 13.0. The second-order valence-electron chi connectivity index (χ2n) is 3.66. The molecule has 2 rings (SSSR count). The van der Waals surface area contributed by atoms with Crippen molar-refractivity contribution in [1.29, 1.82) is 0 Å². The first-order valence-electron chi connectivity index (χ1n) is 5.58. The molecule has 1 aromatic carbocycles. The maximum absolute atomic E-state index is 13.4. The van der Waals surface area contributed by atoms with Crippen LogP contribution in [0.15, 0.2) is 22.7 Å². The number of carbonyl (C=O) groups is 1. The third-order valence-electron chi connectivity index (χ3n) is 2.37. The zero-order valence-electron chi connectivity index (χ0n) is 10.1. The first-order valence-corrected chi connectivity index (χ1v) is 5.58. The molecule has 0 aliphatic rings. The topological polar surface area (TPSA) is 85.5 Å². The van der Waals surface area contributed by atoms with E-state index in [4.69, 9.17) is 14.4 Å². The van der Waals surface area contributed by atoms with Gasteiger partial charge in [0.05, 0.1) is 0 Å². The quantitative estimate of drug-likeness (QED) is 0.891. The lowest BCUT2D eigenvalue weighted by atomic mass is 10.2. The lowest BCUT2D eigenvalue weighted by Crippen LogP contribution is -2.06. The lowest BCUT2D eigenvalue weighted by Gasteiger charge is -2.07. The molecule has 1 heterocycles. The molecule has 0 fully saturated rings. The smallest absolute Gasteiger partial charge is 0.342 e. The fourth-order valence-electron chi connectivity index (χ4n) is 1.46. The minimum Gasteiger partial charge on any atom is -0.483 e. The number of aryl methyl sites for hydroxylation is 1. The van der Waals surface area contributed by atoms with Gasteiger partial charge in [0, 0.05) is 6.42 Å². The third kappa shape index (κ3) is 2.87. The molecule has 1 N–H and O–H groups in total. The number of aromatic nitrogens is 2. The van der Waals surface area contributed by atoms with Gasteiger partial charge in [-0.25, -0.2) is 9.18 Å². The highest BCUT2D eigenvalue weighted by Crippen LogP contribution is 2.22. The molecule has 0 bridgehead atoms. The number of hydrogen-bond acceptors (Lipinski definition) is 5. The molecule has 0 saturated heterocycles. The van der Waals surface area contributed by atoms with Crippen LogP contribution in [0.2, 0.25) is 0 Å². The van der Waals surface area contributed by atoms with Gasteiger partial charge in [-0.1, -0.05) is 18.1 Å². The minimum atomic E-state index is -1.40. The van der Waals surface area contributed by atoms with E-state index in [1.165, 1.54) is 12.1 Å². The number of nitrogens with zero attached hydrogens (tertiary/aromatic N) is 2. The van der Waals surface area contributed by atoms with E-state index in [1.54, 1.807) is 0 Å². The van der Waals surface area contributed by atoms with Crippen molar-refractivity contribution in [2.75, 3.05) is 0 Å². The van der Waals surface area contributed by atoms with Crippen molar-refractivity contribution in [2.45, 2.75) is 20.0 Å². The molecule has 100 valence electrons. The maximum atomic E-state index is 13.4. The molecule has 19 heavy (non-hydrogen) atoms. The molecule has 0 atom stereocenters. The Labute approximate surface area is 107 Å². The second-order valence-corrected chi connectivity index (χ2v) is 3.66. The van der Waals surface area contributed by atoms with E-state index in [-0.39, 0.29) is 18.2 Å². The average molecular weight is 266 g/mol. The summed E-state index contributed by atoms with van der Waals surface area (Å²) in [6.45, 7) is 1.75. The van der Waals surface area contributed by atoms with Gasteiger partial charge in [-0.3, -0.25) is 0 Å². The Morgan fingerprint density at radius 2 is 2.32 bits per heavy atom. The van der Waals surface area contributed by atoms with Gasteiger partial charge in [0.15, 0.2) is 12.4 Å². The van der Waals surface area contributed by atoms with Crippen molar-refractivity contribution in [1.82, 2.24) is 10.1 Å². The summed E-state index contributed by atoms with van der Waals surface area (Å²) in [6.07, 6.45) is 0.615. The van der Waals surface area contributed by atoms with E-state index in [0.717, 1.165) is 6.07 Å². The number of rotatable bonds is 5. The predicted octanol–water partition coefficient (Wildman–Crippen LogP) is 2.05. The summed E-state index contributed by atoms with van der Waals surface area (Å²) in [5.74, 6) is -1.60. The number of ether oxygens (including phenoxy) is 1. The Morgan fingerprint density at radius 3 is 2.95 bits per heavy atom. The standard InChI is InChI=1S/C12H11FN2O4/c1-2-9-14-10(19-15-9)6-18-8-5-3-4-7(13)11(8)12(16)17/h3-5H,2,6H2,1H3,(H,16,17). The molecular formula is C12H11FN2O4. The van der Waals surface area contributed by atoms with Crippen LogP contribution in [0.25, 0.3) is 0 Å². The van der Waals surface area contributed by atoms with Gasteiger partial charge in [-0.2, -0.15) is 4.98 Å². The average Bonchev–Trinajstić information content (AvgIpc) is 2.83. The van der Waals surface area contributed by atoms with Crippen molar-refractivity contribution in [3.8, 4) is 5.75 Å². The minimum absolute atomic E-state index is 0.0799. The van der Waals surface area contributed by atoms with E-state index in [1.807, 2.05) is 6.92 Å². The first-order chi connectivity index (χ1) is 9.11. The van der Waals surface area contributed by atoms with Crippen molar-refractivity contribution in [2.24, 2.45) is 0 Å². The van der Waals surface area contributed by atoms with Gasteiger partial charge in [-0.05, 0) is 12.1 Å². The summed E-state index contributed by atoms with van der Waals surface area (Å²) >= 11 is 0. The van der Waals surface area contributed by atoms with Gasteiger partial charge in [0.25, 0.3) is 5.89 Å². The molecule has 0 spiro atoms. The fourth-order valence-corrected chi connectivity index (χ4v) is 1.46. The SMILES string of the molecule is CCc1noc(COc2cccc(F)c2C(=O)O)n1. The Kier molecular flexibility index (Phi) is 3.74. The Balaban J connectivity index is 2.15. The van der Waals surface area contributed by atoms with Gasteiger partial charge >= 0.3 is 5.97 Å². The van der Waals surface area contributed by atoms with Gasteiger partial charge in [0.2, 0.25) is 0 Å². The highest BCUT2D eigenvalue weighted by molar-refractivity contribution is 5.91. The van der Waals surface area contributed by atoms with Gasteiger partial charge in [0.1, 0.15) is 17.1 Å². The largest absolute Gasteiger partial charge is 0.483 e. The molecule has 0 radical (unpaired) electrons. The zero-order chi connectivity index (χ0) is 13.8. The van der Waals surface area contributed by atoms with Crippen LogP contribution < -0.4 is 4.74 Å². The van der Waals surface area contributed by atoms with Crippen molar-refractivity contribution in [3.63, 3.8) is 0 Å². The predicted molar refractivity (Wildman–Crippen MR) is 61.4 cm³/mol. The number of benzene rings is 1.